The molecule has 1 aromatic carbocycles. The molecule has 2 heteroatoms. The third-order valence-electron chi connectivity index (χ3n) is 4.33. The molecule has 1 aliphatic carbocycles. The van der Waals surface area contributed by atoms with E-state index >= 15 is 0 Å². The van der Waals surface area contributed by atoms with Crippen LogP contribution in [0.3, 0.4) is 0 Å². The predicted octanol–water partition coefficient (Wildman–Crippen LogP) is 3.45. The van der Waals surface area contributed by atoms with Crippen LogP contribution in [0.1, 0.15) is 16.8 Å². The van der Waals surface area contributed by atoms with Gasteiger partial charge in [-0.05, 0) is 30.2 Å². The van der Waals surface area contributed by atoms with Crippen molar-refractivity contribution in [3.05, 3.63) is 71.7 Å². The zero-order valence-corrected chi connectivity index (χ0v) is 12.3. The summed E-state index contributed by atoms with van der Waals surface area (Å²) in [7, 11) is 2.10. The van der Waals surface area contributed by atoms with Crippen molar-refractivity contribution in [3.63, 3.8) is 0 Å². The summed E-state index contributed by atoms with van der Waals surface area (Å²) in [6.45, 7) is 2.19. The third-order valence-corrected chi connectivity index (χ3v) is 4.33. The van der Waals surface area contributed by atoms with Gasteiger partial charge in [0.2, 0.25) is 5.69 Å². The molecule has 0 unspecified atom stereocenters. The van der Waals surface area contributed by atoms with Crippen LogP contribution < -0.4 is 4.57 Å². The monoisotopic (exact) mass is 273 g/mol. The highest BCUT2D eigenvalue weighted by Crippen LogP contribution is 2.42. The van der Waals surface area contributed by atoms with Crippen LogP contribution in [0.15, 0.2) is 54.9 Å². The number of rotatable bonds is 1. The van der Waals surface area contributed by atoms with E-state index in [0.29, 0.717) is 0 Å². The van der Waals surface area contributed by atoms with Gasteiger partial charge in [-0.1, -0.05) is 18.2 Å². The maximum absolute atomic E-state index is 4.55. The molecular formula is C19H17N2+. The predicted molar refractivity (Wildman–Crippen MR) is 83.8 cm³/mol. The molecule has 0 bridgehead atoms. The maximum Gasteiger partial charge on any atom is 0.213 e. The minimum absolute atomic E-state index is 0.940. The molecule has 0 saturated carbocycles. The van der Waals surface area contributed by atoms with Gasteiger partial charge < -0.3 is 0 Å². The van der Waals surface area contributed by atoms with Crippen molar-refractivity contribution in [2.24, 2.45) is 7.05 Å². The van der Waals surface area contributed by atoms with Crippen molar-refractivity contribution in [1.29, 1.82) is 0 Å². The molecule has 4 rings (SSSR count). The van der Waals surface area contributed by atoms with Crippen molar-refractivity contribution in [3.8, 4) is 22.4 Å². The Morgan fingerprint density at radius 1 is 1.00 bits per heavy atom. The van der Waals surface area contributed by atoms with Crippen molar-refractivity contribution < 1.29 is 4.57 Å². The summed E-state index contributed by atoms with van der Waals surface area (Å²) in [5, 5.41) is 0. The minimum atomic E-state index is 0.940. The van der Waals surface area contributed by atoms with Gasteiger partial charge in [0.25, 0.3) is 0 Å². The van der Waals surface area contributed by atoms with Gasteiger partial charge in [0, 0.05) is 35.9 Å². The summed E-state index contributed by atoms with van der Waals surface area (Å²) in [6.07, 6.45) is 4.93. The topological polar surface area (TPSA) is 16.8 Å². The summed E-state index contributed by atoms with van der Waals surface area (Å²) >= 11 is 0. The average Bonchev–Trinajstić information content (AvgIpc) is 2.87. The summed E-state index contributed by atoms with van der Waals surface area (Å²) in [5.41, 5.74) is 9.12. The number of pyridine rings is 2. The maximum atomic E-state index is 4.55. The second-order valence-corrected chi connectivity index (χ2v) is 5.66. The van der Waals surface area contributed by atoms with E-state index in [-0.39, 0.29) is 0 Å². The SMILES string of the molecule is Cc1ccc2c(c1-c1cccc[n+]1C)-c1cccnc1C2. The fourth-order valence-electron chi connectivity index (χ4n) is 3.30. The molecule has 0 N–H and O–H groups in total. The molecule has 21 heavy (non-hydrogen) atoms. The second-order valence-electron chi connectivity index (χ2n) is 5.66. The van der Waals surface area contributed by atoms with Crippen LogP contribution in [0, 0.1) is 6.92 Å². The van der Waals surface area contributed by atoms with Gasteiger partial charge >= 0.3 is 0 Å². The van der Waals surface area contributed by atoms with Crippen LogP contribution in [0.5, 0.6) is 0 Å². The number of hydrogen-bond donors (Lipinski definition) is 0. The molecule has 0 fully saturated rings. The van der Waals surface area contributed by atoms with Crippen LogP contribution >= 0.6 is 0 Å². The Morgan fingerprint density at radius 2 is 1.90 bits per heavy atom. The molecular weight excluding hydrogens is 256 g/mol. The van der Waals surface area contributed by atoms with Gasteiger partial charge in [0.15, 0.2) is 6.20 Å². The lowest BCUT2D eigenvalue weighted by Gasteiger charge is -2.11. The lowest BCUT2D eigenvalue weighted by atomic mass is 9.93. The Morgan fingerprint density at radius 3 is 2.76 bits per heavy atom. The second kappa shape index (κ2) is 4.52. The zero-order chi connectivity index (χ0) is 14.4. The summed E-state index contributed by atoms with van der Waals surface area (Å²) in [6, 6.07) is 15.1. The number of nitrogens with zero attached hydrogens (tertiary/aromatic N) is 2. The van der Waals surface area contributed by atoms with Gasteiger partial charge in [-0.15, -0.1) is 0 Å². The van der Waals surface area contributed by atoms with E-state index < -0.39 is 0 Å². The molecule has 0 aliphatic heterocycles. The fraction of sp³-hybridized carbons (Fsp3) is 0.158. The Bertz CT molecular complexity index is 850. The van der Waals surface area contributed by atoms with Gasteiger partial charge in [-0.3, -0.25) is 4.98 Å². The Labute approximate surface area is 124 Å². The number of aromatic nitrogens is 2. The van der Waals surface area contributed by atoms with Crippen LogP contribution in [-0.4, -0.2) is 4.98 Å². The van der Waals surface area contributed by atoms with Gasteiger partial charge in [0.1, 0.15) is 7.05 Å². The number of benzene rings is 1. The van der Waals surface area contributed by atoms with E-state index in [1.165, 1.54) is 39.2 Å². The van der Waals surface area contributed by atoms with Crippen molar-refractivity contribution in [1.82, 2.24) is 4.98 Å². The Balaban J connectivity index is 2.08. The molecule has 2 nitrogen and oxygen atoms in total. The summed E-state index contributed by atoms with van der Waals surface area (Å²) in [4.78, 5) is 4.55. The third kappa shape index (κ3) is 1.79. The van der Waals surface area contributed by atoms with Crippen molar-refractivity contribution in [2.75, 3.05) is 0 Å². The smallest absolute Gasteiger partial charge is 0.213 e. The van der Waals surface area contributed by atoms with Gasteiger partial charge in [-0.25, -0.2) is 4.57 Å². The standard InChI is InChI=1S/C19H17N2/c1-13-8-9-14-12-16-15(6-5-10-20-16)19(14)18(13)17-7-3-4-11-21(17)2/h3-11H,12H2,1-2H3/q+1. The summed E-state index contributed by atoms with van der Waals surface area (Å²) < 4.78 is 2.19. The number of aryl methyl sites for hydroxylation is 2. The molecule has 0 saturated heterocycles. The molecule has 102 valence electrons. The number of hydrogen-bond acceptors (Lipinski definition) is 1. The van der Waals surface area contributed by atoms with E-state index in [1.54, 1.807) is 0 Å². The average molecular weight is 273 g/mol. The van der Waals surface area contributed by atoms with Crippen molar-refractivity contribution in [2.45, 2.75) is 13.3 Å². The lowest BCUT2D eigenvalue weighted by Crippen LogP contribution is -2.30. The first-order valence-corrected chi connectivity index (χ1v) is 7.27. The highest BCUT2D eigenvalue weighted by molar-refractivity contribution is 5.89. The zero-order valence-electron chi connectivity index (χ0n) is 12.3. The molecule has 3 aromatic rings. The van der Waals surface area contributed by atoms with E-state index in [2.05, 4.69) is 66.1 Å². The van der Waals surface area contributed by atoms with Crippen LogP contribution in [0.25, 0.3) is 22.4 Å². The van der Waals surface area contributed by atoms with Gasteiger partial charge in [-0.2, -0.15) is 0 Å². The molecule has 1 aliphatic rings. The minimum Gasteiger partial charge on any atom is -0.260 e. The molecule has 0 radical (unpaired) electrons. The highest BCUT2D eigenvalue weighted by atomic mass is 14.9. The van der Waals surface area contributed by atoms with Crippen LogP contribution in [0.4, 0.5) is 0 Å². The molecule has 0 spiro atoms. The summed E-state index contributed by atoms with van der Waals surface area (Å²) in [5.74, 6) is 0. The van der Waals surface area contributed by atoms with E-state index in [1.807, 2.05) is 12.3 Å². The normalized spacial score (nSPS) is 12.1. The Kier molecular flexibility index (Phi) is 2.64. The van der Waals surface area contributed by atoms with Crippen LogP contribution in [0.2, 0.25) is 0 Å². The largest absolute Gasteiger partial charge is 0.260 e. The fourth-order valence-corrected chi connectivity index (χ4v) is 3.30. The molecule has 0 atom stereocenters. The van der Waals surface area contributed by atoms with Crippen molar-refractivity contribution >= 4 is 0 Å². The van der Waals surface area contributed by atoms with Crippen LogP contribution in [-0.2, 0) is 13.5 Å². The quantitative estimate of drug-likeness (QED) is 0.485. The first-order chi connectivity index (χ1) is 10.3. The molecule has 2 aromatic heterocycles. The van der Waals surface area contributed by atoms with E-state index in [0.717, 1.165) is 6.42 Å². The Hall–Kier alpha value is -2.48. The van der Waals surface area contributed by atoms with E-state index in [9.17, 15) is 0 Å². The lowest BCUT2D eigenvalue weighted by molar-refractivity contribution is -0.660. The number of fused-ring (bicyclic) bond motifs is 3. The highest BCUT2D eigenvalue weighted by Gasteiger charge is 2.26. The molecule has 2 heterocycles. The molecule has 0 amide bonds. The van der Waals surface area contributed by atoms with Gasteiger partial charge in [0.05, 0.1) is 11.3 Å². The first-order valence-electron chi connectivity index (χ1n) is 7.27. The van der Waals surface area contributed by atoms with E-state index in [4.69, 9.17) is 0 Å². The first kappa shape index (κ1) is 12.3.